The van der Waals surface area contributed by atoms with E-state index in [1.54, 1.807) is 13.2 Å². The number of rotatable bonds is 5. The molecule has 1 N–H and O–H groups in total. The molecule has 0 amide bonds. The number of methoxy groups -OCH3 is 1. The maximum Gasteiger partial charge on any atom is 0.267 e. The van der Waals surface area contributed by atoms with Gasteiger partial charge >= 0.3 is 0 Å². The van der Waals surface area contributed by atoms with Crippen molar-refractivity contribution in [2.75, 3.05) is 12.5 Å². The molecule has 4 rings (SSSR count). The Bertz CT molecular complexity index is 1250. The van der Waals surface area contributed by atoms with E-state index in [-0.39, 0.29) is 5.56 Å². The highest BCUT2D eigenvalue weighted by atomic mass is 16.5. The van der Waals surface area contributed by atoms with Gasteiger partial charge in [-0.1, -0.05) is 42.5 Å². The first-order chi connectivity index (χ1) is 14.2. The second kappa shape index (κ2) is 7.98. The van der Waals surface area contributed by atoms with Crippen LogP contribution in [0.2, 0.25) is 0 Å². The lowest BCUT2D eigenvalue weighted by molar-refractivity contribution is 0.414. The molecule has 4 aromatic rings. The highest BCUT2D eigenvalue weighted by molar-refractivity contribution is 6.01. The smallest absolute Gasteiger partial charge is 0.267 e. The number of anilines is 1. The van der Waals surface area contributed by atoms with Crippen molar-refractivity contribution in [1.29, 1.82) is 0 Å². The average molecular weight is 384 g/mol. The van der Waals surface area contributed by atoms with E-state index >= 15 is 0 Å². The van der Waals surface area contributed by atoms with Crippen molar-refractivity contribution in [1.82, 2.24) is 9.55 Å². The molecule has 0 aliphatic rings. The summed E-state index contributed by atoms with van der Waals surface area (Å²) in [6, 6.07) is 24.3. The number of hydrogen-bond donors (Lipinski definition) is 1. The first-order valence-electron chi connectivity index (χ1n) is 9.20. The summed E-state index contributed by atoms with van der Waals surface area (Å²) in [6.07, 6.45) is 0. The third-order valence-electron chi connectivity index (χ3n) is 4.61. The summed E-state index contributed by atoms with van der Waals surface area (Å²) >= 11 is 0. The molecule has 0 aliphatic heterocycles. The van der Waals surface area contributed by atoms with E-state index in [1.165, 1.54) is 4.57 Å². The lowest BCUT2D eigenvalue weighted by Crippen LogP contribution is -2.23. The standard InChI is InChI=1S/C23H20N4O2/c1-16(18-12-7-9-15-21(18)29-2)25-26-23-24-20-14-8-6-13-19(20)22(28)27(23)17-10-4-3-5-11-17/h3-15H,1-2H3,(H,24,26)/b25-16-. The molecular weight excluding hydrogens is 364 g/mol. The van der Waals surface area contributed by atoms with Crippen LogP contribution in [0.4, 0.5) is 5.95 Å². The van der Waals surface area contributed by atoms with Crippen LogP contribution in [0.25, 0.3) is 16.6 Å². The monoisotopic (exact) mass is 384 g/mol. The van der Waals surface area contributed by atoms with Gasteiger partial charge < -0.3 is 4.74 Å². The first-order valence-corrected chi connectivity index (χ1v) is 9.20. The first kappa shape index (κ1) is 18.4. The van der Waals surface area contributed by atoms with Crippen LogP contribution in [0.3, 0.4) is 0 Å². The minimum atomic E-state index is -0.158. The van der Waals surface area contributed by atoms with E-state index < -0.39 is 0 Å². The molecule has 0 saturated carbocycles. The summed E-state index contributed by atoms with van der Waals surface area (Å²) in [4.78, 5) is 17.8. The van der Waals surface area contributed by atoms with Gasteiger partial charge in [0.05, 0.1) is 29.4 Å². The van der Waals surface area contributed by atoms with Gasteiger partial charge in [-0.05, 0) is 43.3 Å². The number of aromatic nitrogens is 2. The number of benzene rings is 3. The van der Waals surface area contributed by atoms with Crippen LogP contribution in [-0.2, 0) is 0 Å². The third kappa shape index (κ3) is 3.60. The fraction of sp³-hybridized carbons (Fsp3) is 0.0870. The SMILES string of the molecule is COc1ccccc1/C(C)=N\Nc1nc2ccccc2c(=O)n1-c1ccccc1. The van der Waals surface area contributed by atoms with Gasteiger partial charge in [-0.25, -0.2) is 15.0 Å². The Labute approximate surface area is 168 Å². The summed E-state index contributed by atoms with van der Waals surface area (Å²) < 4.78 is 6.94. The van der Waals surface area contributed by atoms with Crippen molar-refractivity contribution in [2.24, 2.45) is 5.10 Å². The number of hydrazone groups is 1. The van der Waals surface area contributed by atoms with Crippen molar-refractivity contribution in [3.8, 4) is 11.4 Å². The molecule has 0 fully saturated rings. The zero-order valence-electron chi connectivity index (χ0n) is 16.2. The molecule has 0 aliphatic carbocycles. The minimum Gasteiger partial charge on any atom is -0.496 e. The highest BCUT2D eigenvalue weighted by Gasteiger charge is 2.13. The zero-order valence-corrected chi connectivity index (χ0v) is 16.2. The number of ether oxygens (including phenoxy) is 1. The number of para-hydroxylation sites is 3. The van der Waals surface area contributed by atoms with Gasteiger partial charge in [0.15, 0.2) is 0 Å². The summed E-state index contributed by atoms with van der Waals surface area (Å²) in [5.41, 5.74) is 5.71. The van der Waals surface area contributed by atoms with Gasteiger partial charge in [0, 0.05) is 5.56 Å². The maximum absolute atomic E-state index is 13.2. The van der Waals surface area contributed by atoms with Crippen LogP contribution in [0.5, 0.6) is 5.75 Å². The molecule has 0 bridgehead atoms. The lowest BCUT2D eigenvalue weighted by Gasteiger charge is -2.13. The van der Waals surface area contributed by atoms with E-state index in [2.05, 4.69) is 15.5 Å². The Morgan fingerprint density at radius 3 is 2.45 bits per heavy atom. The maximum atomic E-state index is 13.2. The molecule has 0 saturated heterocycles. The van der Waals surface area contributed by atoms with Gasteiger partial charge in [0.25, 0.3) is 5.56 Å². The quantitative estimate of drug-likeness (QED) is 0.413. The minimum absolute atomic E-state index is 0.158. The predicted octanol–water partition coefficient (Wildman–Crippen LogP) is 4.23. The van der Waals surface area contributed by atoms with Crippen molar-refractivity contribution in [3.05, 3.63) is 94.8 Å². The van der Waals surface area contributed by atoms with Gasteiger partial charge in [0.2, 0.25) is 5.95 Å². The second-order valence-electron chi connectivity index (χ2n) is 6.44. The van der Waals surface area contributed by atoms with E-state index in [1.807, 2.05) is 79.7 Å². The van der Waals surface area contributed by atoms with Crippen molar-refractivity contribution in [3.63, 3.8) is 0 Å². The second-order valence-corrected chi connectivity index (χ2v) is 6.44. The predicted molar refractivity (Wildman–Crippen MR) is 116 cm³/mol. The van der Waals surface area contributed by atoms with E-state index in [0.717, 1.165) is 11.3 Å². The van der Waals surface area contributed by atoms with Gasteiger partial charge in [0.1, 0.15) is 5.75 Å². The molecule has 0 atom stereocenters. The molecule has 6 heteroatoms. The Morgan fingerprint density at radius 1 is 0.966 bits per heavy atom. The third-order valence-corrected chi connectivity index (χ3v) is 4.61. The Balaban J connectivity index is 1.84. The Morgan fingerprint density at radius 2 is 1.66 bits per heavy atom. The molecule has 0 spiro atoms. The Kier molecular flexibility index (Phi) is 5.07. The summed E-state index contributed by atoms with van der Waals surface area (Å²) in [5.74, 6) is 1.07. The van der Waals surface area contributed by atoms with Gasteiger partial charge in [-0.2, -0.15) is 5.10 Å². The van der Waals surface area contributed by atoms with Gasteiger partial charge in [-0.3, -0.25) is 4.79 Å². The number of nitrogens with zero attached hydrogens (tertiary/aromatic N) is 3. The molecule has 0 radical (unpaired) electrons. The summed E-state index contributed by atoms with van der Waals surface area (Å²) in [5, 5.41) is 5.02. The van der Waals surface area contributed by atoms with Crippen LogP contribution in [0.1, 0.15) is 12.5 Å². The zero-order chi connectivity index (χ0) is 20.2. The van der Waals surface area contributed by atoms with E-state index in [9.17, 15) is 4.79 Å². The molecule has 6 nitrogen and oxygen atoms in total. The van der Waals surface area contributed by atoms with Gasteiger partial charge in [-0.15, -0.1) is 0 Å². The van der Waals surface area contributed by atoms with Crippen LogP contribution in [0.15, 0.2) is 88.8 Å². The van der Waals surface area contributed by atoms with E-state index in [4.69, 9.17) is 4.74 Å². The fourth-order valence-electron chi connectivity index (χ4n) is 3.16. The summed E-state index contributed by atoms with van der Waals surface area (Å²) in [6.45, 7) is 1.87. The summed E-state index contributed by atoms with van der Waals surface area (Å²) in [7, 11) is 1.62. The number of nitrogens with one attached hydrogen (secondary N) is 1. The Hall–Kier alpha value is -3.93. The fourth-order valence-corrected chi connectivity index (χ4v) is 3.16. The van der Waals surface area contributed by atoms with E-state index in [0.29, 0.717) is 28.3 Å². The highest BCUT2D eigenvalue weighted by Crippen LogP contribution is 2.19. The van der Waals surface area contributed by atoms with Crippen molar-refractivity contribution < 1.29 is 4.74 Å². The topological polar surface area (TPSA) is 68.5 Å². The molecule has 29 heavy (non-hydrogen) atoms. The molecule has 0 unspecified atom stereocenters. The average Bonchev–Trinajstić information content (AvgIpc) is 2.78. The van der Waals surface area contributed by atoms with Crippen LogP contribution >= 0.6 is 0 Å². The van der Waals surface area contributed by atoms with Crippen LogP contribution < -0.4 is 15.7 Å². The number of fused-ring (bicyclic) bond motifs is 1. The normalized spacial score (nSPS) is 11.4. The van der Waals surface area contributed by atoms with Crippen molar-refractivity contribution in [2.45, 2.75) is 6.92 Å². The largest absolute Gasteiger partial charge is 0.496 e. The molecular formula is C23H20N4O2. The molecule has 1 aromatic heterocycles. The molecule has 144 valence electrons. The van der Waals surface area contributed by atoms with Crippen molar-refractivity contribution >= 4 is 22.6 Å². The molecule has 3 aromatic carbocycles. The number of hydrogen-bond acceptors (Lipinski definition) is 5. The molecule has 1 heterocycles. The van der Waals surface area contributed by atoms with Crippen LogP contribution in [-0.4, -0.2) is 22.4 Å². The van der Waals surface area contributed by atoms with Crippen LogP contribution in [0, 0.1) is 0 Å². The lowest BCUT2D eigenvalue weighted by atomic mass is 10.1.